The van der Waals surface area contributed by atoms with E-state index in [0.717, 1.165) is 29.0 Å². The average Bonchev–Trinajstić information content (AvgIpc) is 3.32. The van der Waals surface area contributed by atoms with E-state index in [1.165, 1.54) is 0 Å². The van der Waals surface area contributed by atoms with Gasteiger partial charge in [0, 0.05) is 11.8 Å². The van der Waals surface area contributed by atoms with Gasteiger partial charge in [0.25, 0.3) is 0 Å². The molecular weight excluding hydrogens is 336 g/mol. The number of hydrogen-bond donors (Lipinski definition) is 1. The number of rotatable bonds is 6. The summed E-state index contributed by atoms with van der Waals surface area (Å²) < 4.78 is 5.17. The first-order chi connectivity index (χ1) is 12.4. The van der Waals surface area contributed by atoms with Crippen molar-refractivity contribution in [1.82, 2.24) is 15.4 Å². The van der Waals surface area contributed by atoms with Crippen molar-refractivity contribution in [3.8, 4) is 17.0 Å². The topological polar surface area (TPSA) is 72.4 Å². The van der Waals surface area contributed by atoms with Crippen LogP contribution in [0.5, 0.6) is 5.75 Å². The summed E-state index contributed by atoms with van der Waals surface area (Å²) in [6.45, 7) is 0. The molecule has 6 nitrogen and oxygen atoms in total. The highest BCUT2D eigenvalue weighted by molar-refractivity contribution is 7.98. The summed E-state index contributed by atoms with van der Waals surface area (Å²) in [5, 5.41) is 12.0. The molecule has 0 bridgehead atoms. The second-order valence-electron chi connectivity index (χ2n) is 5.28. The normalized spacial score (nSPS) is 16.0. The van der Waals surface area contributed by atoms with Crippen molar-refractivity contribution in [3.05, 3.63) is 77.5 Å². The molecule has 0 amide bonds. The second kappa shape index (κ2) is 7.33. The predicted octanol–water partition coefficient (Wildman–Crippen LogP) is 4.14. The molecule has 1 aliphatic heterocycles. The fourth-order valence-electron chi connectivity index (χ4n) is 2.44. The van der Waals surface area contributed by atoms with Gasteiger partial charge in [0.15, 0.2) is 5.75 Å². The Balaban J connectivity index is 1.42. The van der Waals surface area contributed by atoms with Gasteiger partial charge >= 0.3 is 0 Å². The minimum atomic E-state index is -0.0585. The first kappa shape index (κ1) is 15.6. The molecule has 2 heterocycles. The Bertz CT molecular complexity index is 894. The lowest BCUT2D eigenvalue weighted by Gasteiger charge is -2.03. The van der Waals surface area contributed by atoms with Gasteiger partial charge in [0.2, 0.25) is 0 Å². The van der Waals surface area contributed by atoms with Crippen LogP contribution in [0.15, 0.2) is 76.8 Å². The maximum atomic E-state index is 5.20. The third-order valence-electron chi connectivity index (χ3n) is 3.62. The Morgan fingerprint density at radius 1 is 0.920 bits per heavy atom. The zero-order chi connectivity index (χ0) is 16.9. The second-order valence-corrected chi connectivity index (χ2v) is 6.00. The van der Waals surface area contributed by atoms with Gasteiger partial charge in [0.1, 0.15) is 28.5 Å². The van der Waals surface area contributed by atoms with Gasteiger partial charge < -0.3 is 4.89 Å². The largest absolute Gasteiger partial charge is 0.325 e. The molecule has 0 radical (unpaired) electrons. The van der Waals surface area contributed by atoms with Crippen molar-refractivity contribution in [3.63, 3.8) is 0 Å². The molecule has 0 saturated carbocycles. The maximum Gasteiger partial charge on any atom is 0.166 e. The van der Waals surface area contributed by atoms with Crippen molar-refractivity contribution in [1.29, 1.82) is 0 Å². The molecule has 1 aliphatic rings. The van der Waals surface area contributed by atoms with Crippen LogP contribution < -0.4 is 4.89 Å². The summed E-state index contributed by atoms with van der Waals surface area (Å²) in [5.74, 6) is 0.578. The lowest BCUT2D eigenvalue weighted by molar-refractivity contribution is -0.0768. The van der Waals surface area contributed by atoms with Crippen LogP contribution in [0.3, 0.4) is 0 Å². The van der Waals surface area contributed by atoms with Crippen LogP contribution in [-0.4, -0.2) is 21.6 Å². The standard InChI is InChI=1S/C18H14N4O2S/c1-3-7-13(8-4-1)17-18(21-22-20-17)14-11-16(19-12-14)25-24-23-15-9-5-2-6-10-15/h1-12,14H,(H,20,21,22). The number of H-pyrrole nitrogens is 1. The van der Waals surface area contributed by atoms with E-state index in [4.69, 9.17) is 9.22 Å². The summed E-state index contributed by atoms with van der Waals surface area (Å²) in [5.41, 5.74) is 2.66. The molecule has 2 aromatic carbocycles. The zero-order valence-corrected chi connectivity index (χ0v) is 13.9. The van der Waals surface area contributed by atoms with Gasteiger partial charge in [-0.3, -0.25) is 4.99 Å². The fraction of sp³-hybridized carbons (Fsp3) is 0.0556. The van der Waals surface area contributed by atoms with Crippen LogP contribution in [0, 0.1) is 0 Å². The van der Waals surface area contributed by atoms with E-state index < -0.39 is 0 Å². The van der Waals surface area contributed by atoms with Gasteiger partial charge in [-0.2, -0.15) is 15.4 Å². The van der Waals surface area contributed by atoms with E-state index >= 15 is 0 Å². The fourth-order valence-corrected chi connectivity index (χ4v) is 2.93. The van der Waals surface area contributed by atoms with Crippen LogP contribution in [0.2, 0.25) is 0 Å². The SMILES string of the molecule is C1=NC(SOOc2ccccc2)=CC1c1n[nH]nc1-c1ccccc1. The third kappa shape index (κ3) is 3.62. The maximum absolute atomic E-state index is 5.20. The average molecular weight is 350 g/mol. The Kier molecular flexibility index (Phi) is 4.58. The van der Waals surface area contributed by atoms with E-state index in [9.17, 15) is 0 Å². The molecule has 7 heteroatoms. The number of aliphatic imine (C=N–C) groups is 1. The number of para-hydroxylation sites is 1. The van der Waals surface area contributed by atoms with Crippen molar-refractivity contribution in [2.75, 3.05) is 0 Å². The molecule has 124 valence electrons. The number of aromatic nitrogens is 3. The molecule has 1 atom stereocenters. The number of nitrogens with one attached hydrogen (secondary N) is 1. The van der Waals surface area contributed by atoms with Crippen molar-refractivity contribution in [2.45, 2.75) is 5.92 Å². The first-order valence-electron chi connectivity index (χ1n) is 7.68. The highest BCUT2D eigenvalue weighted by Gasteiger charge is 2.22. The van der Waals surface area contributed by atoms with Crippen LogP contribution in [-0.2, 0) is 4.33 Å². The van der Waals surface area contributed by atoms with E-state index in [2.05, 4.69) is 20.4 Å². The Labute approximate surface area is 148 Å². The molecule has 0 fully saturated rings. The Morgan fingerprint density at radius 3 is 2.48 bits per heavy atom. The number of benzene rings is 2. The van der Waals surface area contributed by atoms with Crippen LogP contribution in [0.25, 0.3) is 11.3 Å². The minimum Gasteiger partial charge on any atom is -0.325 e. The molecule has 1 aromatic heterocycles. The monoisotopic (exact) mass is 350 g/mol. The molecule has 3 aromatic rings. The highest BCUT2D eigenvalue weighted by Crippen LogP contribution is 2.32. The summed E-state index contributed by atoms with van der Waals surface area (Å²) >= 11 is 1.06. The lowest BCUT2D eigenvalue weighted by atomic mass is 10.0. The van der Waals surface area contributed by atoms with Crippen LogP contribution in [0.1, 0.15) is 11.6 Å². The Hall–Kier alpha value is -2.90. The van der Waals surface area contributed by atoms with Crippen molar-refractivity contribution < 1.29 is 9.22 Å². The van der Waals surface area contributed by atoms with E-state index in [1.807, 2.05) is 73.0 Å². The summed E-state index contributed by atoms with van der Waals surface area (Å²) in [7, 11) is 0. The number of nitrogens with zero attached hydrogens (tertiary/aromatic N) is 3. The summed E-state index contributed by atoms with van der Waals surface area (Å²) in [6.07, 6.45) is 3.78. The number of hydrogen-bond acceptors (Lipinski definition) is 6. The zero-order valence-electron chi connectivity index (χ0n) is 13.1. The molecule has 1 N–H and O–H groups in total. The third-order valence-corrected chi connectivity index (χ3v) is 4.16. The van der Waals surface area contributed by atoms with Gasteiger partial charge in [0.05, 0.1) is 5.92 Å². The van der Waals surface area contributed by atoms with E-state index in [0.29, 0.717) is 10.8 Å². The van der Waals surface area contributed by atoms with Crippen LogP contribution in [0.4, 0.5) is 0 Å². The van der Waals surface area contributed by atoms with Crippen molar-refractivity contribution in [2.24, 2.45) is 4.99 Å². The Morgan fingerprint density at radius 2 is 1.68 bits per heavy atom. The summed E-state index contributed by atoms with van der Waals surface area (Å²) in [4.78, 5) is 9.55. The smallest absolute Gasteiger partial charge is 0.166 e. The number of allylic oxidation sites excluding steroid dienone is 1. The molecule has 25 heavy (non-hydrogen) atoms. The number of aromatic amines is 1. The molecule has 1 unspecified atom stereocenters. The van der Waals surface area contributed by atoms with E-state index in [-0.39, 0.29) is 5.92 Å². The lowest BCUT2D eigenvalue weighted by Crippen LogP contribution is -1.97. The minimum absolute atomic E-state index is 0.0585. The van der Waals surface area contributed by atoms with Gasteiger partial charge in [-0.1, -0.05) is 48.5 Å². The highest BCUT2D eigenvalue weighted by atomic mass is 32.2. The molecule has 4 rings (SSSR count). The molecule has 0 saturated heterocycles. The molecule has 0 aliphatic carbocycles. The predicted molar refractivity (Wildman–Crippen MR) is 96.9 cm³/mol. The van der Waals surface area contributed by atoms with E-state index in [1.54, 1.807) is 0 Å². The van der Waals surface area contributed by atoms with Gasteiger partial charge in [-0.25, -0.2) is 0 Å². The summed E-state index contributed by atoms with van der Waals surface area (Å²) in [6, 6.07) is 19.2. The first-order valence-corrected chi connectivity index (χ1v) is 8.42. The quantitative estimate of drug-likeness (QED) is 0.411. The van der Waals surface area contributed by atoms with Crippen molar-refractivity contribution >= 4 is 18.3 Å². The van der Waals surface area contributed by atoms with Crippen LogP contribution >= 0.6 is 12.0 Å². The van der Waals surface area contributed by atoms with Gasteiger partial charge in [-0.05, 0) is 18.2 Å². The molecular formula is C18H14N4O2S. The molecule has 0 spiro atoms. The van der Waals surface area contributed by atoms with Gasteiger partial charge in [-0.15, -0.1) is 4.33 Å².